The molecule has 1 atom stereocenters. The molecule has 1 aliphatic rings. The molecular formula is C7H11F2NO2. The lowest BCUT2D eigenvalue weighted by molar-refractivity contribution is -0.168. The zero-order chi connectivity index (χ0) is 9.35. The van der Waals surface area contributed by atoms with Crippen LogP contribution in [0.5, 0.6) is 0 Å². The molecule has 0 amide bonds. The number of halogens is 2. The first kappa shape index (κ1) is 9.38. The zero-order valence-electron chi connectivity index (χ0n) is 6.76. The highest BCUT2D eigenvalue weighted by Crippen LogP contribution is 2.29. The quantitative estimate of drug-likeness (QED) is 0.696. The second kappa shape index (κ2) is 2.97. The van der Waals surface area contributed by atoms with Gasteiger partial charge in [0.1, 0.15) is 6.04 Å². The highest BCUT2D eigenvalue weighted by atomic mass is 19.3. The first-order valence-electron chi connectivity index (χ1n) is 3.81. The highest BCUT2D eigenvalue weighted by molar-refractivity contribution is 5.73. The van der Waals surface area contributed by atoms with Gasteiger partial charge < -0.3 is 5.11 Å². The van der Waals surface area contributed by atoms with Gasteiger partial charge in [-0.3, -0.25) is 9.69 Å². The normalized spacial score (nSPS) is 24.6. The molecule has 0 aromatic rings. The van der Waals surface area contributed by atoms with E-state index < -0.39 is 31.0 Å². The first-order valence-corrected chi connectivity index (χ1v) is 3.81. The number of alkyl halides is 2. The Hall–Kier alpha value is -0.710. The van der Waals surface area contributed by atoms with Gasteiger partial charge in [0.25, 0.3) is 5.92 Å². The van der Waals surface area contributed by atoms with Gasteiger partial charge in [-0.05, 0) is 6.42 Å². The summed E-state index contributed by atoms with van der Waals surface area (Å²) < 4.78 is 24.6. The molecular weight excluding hydrogens is 168 g/mol. The molecule has 0 aromatic carbocycles. The van der Waals surface area contributed by atoms with Crippen molar-refractivity contribution in [3.05, 3.63) is 0 Å². The number of nitrogens with zero attached hydrogens (tertiary/aromatic N) is 1. The number of carboxylic acids is 1. The molecule has 1 aliphatic heterocycles. The van der Waals surface area contributed by atoms with Gasteiger partial charge in [-0.25, -0.2) is 8.78 Å². The first-order chi connectivity index (χ1) is 5.46. The Balaban J connectivity index is 2.45. The second-order valence-corrected chi connectivity index (χ2v) is 3.02. The zero-order valence-corrected chi connectivity index (χ0v) is 6.76. The van der Waals surface area contributed by atoms with Crippen LogP contribution in [0.15, 0.2) is 0 Å². The van der Waals surface area contributed by atoms with Gasteiger partial charge in [0.05, 0.1) is 13.1 Å². The fourth-order valence-corrected chi connectivity index (χ4v) is 1.36. The van der Waals surface area contributed by atoms with Gasteiger partial charge in [-0.15, -0.1) is 0 Å². The molecule has 1 unspecified atom stereocenters. The van der Waals surface area contributed by atoms with Crippen molar-refractivity contribution in [2.75, 3.05) is 13.1 Å². The van der Waals surface area contributed by atoms with Gasteiger partial charge in [0, 0.05) is 0 Å². The number of carbonyl (C=O) groups is 1. The van der Waals surface area contributed by atoms with Crippen molar-refractivity contribution >= 4 is 5.97 Å². The van der Waals surface area contributed by atoms with Crippen LogP contribution in [0.4, 0.5) is 8.78 Å². The van der Waals surface area contributed by atoms with E-state index in [4.69, 9.17) is 5.11 Å². The van der Waals surface area contributed by atoms with Gasteiger partial charge in [0.15, 0.2) is 0 Å². The number of rotatable bonds is 3. The lowest BCUT2D eigenvalue weighted by Crippen LogP contribution is -2.61. The minimum absolute atomic E-state index is 0.366. The van der Waals surface area contributed by atoms with Crippen molar-refractivity contribution in [3.8, 4) is 0 Å². The maximum Gasteiger partial charge on any atom is 0.320 e. The maximum absolute atomic E-state index is 12.3. The molecule has 1 rings (SSSR count). The van der Waals surface area contributed by atoms with Crippen molar-refractivity contribution in [1.82, 2.24) is 4.90 Å². The summed E-state index contributed by atoms with van der Waals surface area (Å²) in [6.45, 7) is 0.838. The van der Waals surface area contributed by atoms with E-state index in [-0.39, 0.29) is 0 Å². The minimum atomic E-state index is -2.68. The van der Waals surface area contributed by atoms with Crippen LogP contribution in [0.1, 0.15) is 13.3 Å². The van der Waals surface area contributed by atoms with Gasteiger partial charge >= 0.3 is 5.97 Å². The lowest BCUT2D eigenvalue weighted by atomic mass is 10.1. The van der Waals surface area contributed by atoms with Crippen molar-refractivity contribution < 1.29 is 18.7 Å². The Kier molecular flexibility index (Phi) is 2.32. The molecule has 1 N–H and O–H groups in total. The van der Waals surface area contributed by atoms with Gasteiger partial charge in [-0.2, -0.15) is 0 Å². The fourth-order valence-electron chi connectivity index (χ4n) is 1.36. The molecule has 0 spiro atoms. The molecule has 0 radical (unpaired) electrons. The fraction of sp³-hybridized carbons (Fsp3) is 0.857. The average Bonchev–Trinajstić information content (AvgIpc) is 1.84. The number of hydrogen-bond acceptors (Lipinski definition) is 2. The van der Waals surface area contributed by atoms with Crippen molar-refractivity contribution in [2.45, 2.75) is 25.3 Å². The van der Waals surface area contributed by atoms with E-state index in [2.05, 4.69) is 0 Å². The predicted molar refractivity (Wildman–Crippen MR) is 38.2 cm³/mol. The second-order valence-electron chi connectivity index (χ2n) is 3.02. The van der Waals surface area contributed by atoms with E-state index >= 15 is 0 Å². The summed E-state index contributed by atoms with van der Waals surface area (Å²) in [7, 11) is 0. The van der Waals surface area contributed by atoms with E-state index in [9.17, 15) is 13.6 Å². The van der Waals surface area contributed by atoms with Crippen LogP contribution in [0.25, 0.3) is 0 Å². The Bertz CT molecular complexity index is 188. The van der Waals surface area contributed by atoms with Crippen LogP contribution in [0.2, 0.25) is 0 Å². The number of hydrogen-bond donors (Lipinski definition) is 1. The average molecular weight is 179 g/mol. The van der Waals surface area contributed by atoms with E-state index in [1.54, 1.807) is 6.92 Å². The summed E-state index contributed by atoms with van der Waals surface area (Å²) in [6, 6.07) is -0.746. The van der Waals surface area contributed by atoms with E-state index in [0.717, 1.165) is 0 Å². The summed E-state index contributed by atoms with van der Waals surface area (Å²) in [5, 5.41) is 8.59. The van der Waals surface area contributed by atoms with Crippen LogP contribution in [0.3, 0.4) is 0 Å². The monoisotopic (exact) mass is 179 g/mol. The third kappa shape index (κ3) is 1.72. The van der Waals surface area contributed by atoms with Gasteiger partial charge in [0.2, 0.25) is 0 Å². The Morgan fingerprint density at radius 2 is 2.17 bits per heavy atom. The summed E-state index contributed by atoms with van der Waals surface area (Å²) in [6.07, 6.45) is 0.366. The van der Waals surface area contributed by atoms with Crippen LogP contribution < -0.4 is 0 Å². The van der Waals surface area contributed by atoms with Crippen LogP contribution in [-0.4, -0.2) is 41.0 Å². The molecule has 0 aromatic heterocycles. The number of carboxylic acid groups (broad SMARTS) is 1. The van der Waals surface area contributed by atoms with Crippen LogP contribution in [0, 0.1) is 0 Å². The van der Waals surface area contributed by atoms with Crippen molar-refractivity contribution in [2.24, 2.45) is 0 Å². The Morgan fingerprint density at radius 1 is 1.67 bits per heavy atom. The van der Waals surface area contributed by atoms with E-state index in [0.29, 0.717) is 6.42 Å². The third-order valence-electron chi connectivity index (χ3n) is 1.98. The van der Waals surface area contributed by atoms with Crippen LogP contribution in [-0.2, 0) is 4.79 Å². The van der Waals surface area contributed by atoms with Crippen molar-refractivity contribution in [1.29, 1.82) is 0 Å². The molecule has 0 aliphatic carbocycles. The Morgan fingerprint density at radius 3 is 2.42 bits per heavy atom. The topological polar surface area (TPSA) is 40.5 Å². The molecule has 12 heavy (non-hydrogen) atoms. The smallest absolute Gasteiger partial charge is 0.320 e. The summed E-state index contributed by atoms with van der Waals surface area (Å²) in [5.41, 5.74) is 0. The molecule has 5 heteroatoms. The van der Waals surface area contributed by atoms with Gasteiger partial charge in [-0.1, -0.05) is 6.92 Å². The SMILES string of the molecule is CCC(C(=O)O)N1CC(F)(F)C1. The molecule has 70 valence electrons. The summed E-state index contributed by atoms with van der Waals surface area (Å²) in [5.74, 6) is -3.70. The molecule has 3 nitrogen and oxygen atoms in total. The van der Waals surface area contributed by atoms with E-state index in [1.165, 1.54) is 4.90 Å². The largest absolute Gasteiger partial charge is 0.480 e. The van der Waals surface area contributed by atoms with Crippen molar-refractivity contribution in [3.63, 3.8) is 0 Å². The summed E-state index contributed by atoms with van der Waals surface area (Å²) >= 11 is 0. The molecule has 1 heterocycles. The molecule has 0 bridgehead atoms. The summed E-state index contributed by atoms with van der Waals surface area (Å²) in [4.78, 5) is 11.8. The van der Waals surface area contributed by atoms with Crippen LogP contribution >= 0.6 is 0 Å². The standard InChI is InChI=1S/C7H11F2NO2/c1-2-5(6(11)12)10-3-7(8,9)4-10/h5H,2-4H2,1H3,(H,11,12). The number of likely N-dealkylation sites (tertiary alicyclic amines) is 1. The Labute approximate surface area is 69.0 Å². The highest BCUT2D eigenvalue weighted by Gasteiger charge is 2.47. The minimum Gasteiger partial charge on any atom is -0.480 e. The molecule has 1 fully saturated rings. The molecule has 0 saturated carbocycles. The van der Waals surface area contributed by atoms with E-state index in [1.807, 2.05) is 0 Å². The predicted octanol–water partition coefficient (Wildman–Crippen LogP) is 0.800. The third-order valence-corrected chi connectivity index (χ3v) is 1.98. The maximum atomic E-state index is 12.3. The molecule has 1 saturated heterocycles. The number of aliphatic carboxylic acids is 1. The lowest BCUT2D eigenvalue weighted by Gasteiger charge is -2.41.